The Morgan fingerprint density at radius 2 is 1.89 bits per heavy atom. The van der Waals surface area contributed by atoms with Crippen molar-refractivity contribution in [2.45, 2.75) is 12.7 Å². The van der Waals surface area contributed by atoms with E-state index in [2.05, 4.69) is 5.10 Å². The molecule has 0 radical (unpaired) electrons. The maximum absolute atomic E-state index is 14.6. The van der Waals surface area contributed by atoms with Crippen molar-refractivity contribution in [1.29, 1.82) is 0 Å². The Bertz CT molecular complexity index is 1520. The molecule has 0 atom stereocenters. The minimum atomic E-state index is -4.68. The maximum Gasteiger partial charge on any atom is 0.416 e. The highest BCUT2D eigenvalue weighted by molar-refractivity contribution is 8.18. The van der Waals surface area contributed by atoms with Gasteiger partial charge in [-0.05, 0) is 53.2 Å². The molecule has 0 saturated carbocycles. The third kappa shape index (κ3) is 5.34. The molecule has 0 aliphatic carbocycles. The molecule has 1 fully saturated rings. The quantitative estimate of drug-likeness (QED) is 0.375. The van der Waals surface area contributed by atoms with Gasteiger partial charge >= 0.3 is 11.4 Å². The summed E-state index contributed by atoms with van der Waals surface area (Å²) in [7, 11) is -3.89. The number of hydrogen-bond donors (Lipinski definition) is 1. The van der Waals surface area contributed by atoms with E-state index in [0.717, 1.165) is 17.0 Å². The smallest absolute Gasteiger partial charge is 0.266 e. The van der Waals surface area contributed by atoms with Gasteiger partial charge in [0.1, 0.15) is 0 Å². The van der Waals surface area contributed by atoms with Crippen molar-refractivity contribution in [2.75, 3.05) is 6.26 Å². The molecular weight excluding hydrogens is 536 g/mol. The number of thioether (sulfide) groups is 1. The van der Waals surface area contributed by atoms with Gasteiger partial charge in [-0.1, -0.05) is 23.7 Å². The first-order valence-corrected chi connectivity index (χ1v) is 12.6. The van der Waals surface area contributed by atoms with Gasteiger partial charge in [-0.25, -0.2) is 8.42 Å². The molecule has 2 amide bonds. The number of carbonyl (C=O) groups is 2. The molecule has 1 saturated heterocycles. The second-order valence-electron chi connectivity index (χ2n) is 7.40. The average Bonchev–Trinajstić information content (AvgIpc) is 3.18. The van der Waals surface area contributed by atoms with Gasteiger partial charge in [0.25, 0.3) is 5.91 Å². The zero-order chi connectivity index (χ0) is 25.7. The van der Waals surface area contributed by atoms with E-state index < -0.39 is 38.9 Å². The van der Waals surface area contributed by atoms with Crippen LogP contribution in [0.2, 0.25) is 5.02 Å². The van der Waals surface area contributed by atoms with Crippen LogP contribution in [0.4, 0.5) is 22.4 Å². The highest BCUT2D eigenvalue weighted by Gasteiger charge is 2.37. The lowest BCUT2D eigenvalue weighted by atomic mass is 10.1. The fourth-order valence-electron chi connectivity index (χ4n) is 3.34. The molecule has 1 N–H and O–H groups in total. The number of carbonyl (C=O) groups excluding carboxylic acids is 2. The van der Waals surface area contributed by atoms with Crippen LogP contribution in [0, 0.1) is 5.95 Å². The Hall–Kier alpha value is -2.94. The molecule has 4 rings (SSSR count). The van der Waals surface area contributed by atoms with Crippen molar-refractivity contribution in [3.63, 3.8) is 0 Å². The van der Waals surface area contributed by atoms with Crippen LogP contribution in [0.1, 0.15) is 16.7 Å². The largest absolute Gasteiger partial charge is 0.416 e. The van der Waals surface area contributed by atoms with Gasteiger partial charge in [0, 0.05) is 5.02 Å². The highest BCUT2D eigenvalue weighted by Crippen LogP contribution is 2.35. The van der Waals surface area contributed by atoms with Crippen molar-refractivity contribution in [3.8, 4) is 0 Å². The van der Waals surface area contributed by atoms with Gasteiger partial charge in [0.15, 0.2) is 0 Å². The van der Waals surface area contributed by atoms with E-state index in [9.17, 15) is 35.6 Å². The summed E-state index contributed by atoms with van der Waals surface area (Å²) in [4.78, 5) is 26.0. The molecule has 15 heteroatoms. The third-order valence-electron chi connectivity index (χ3n) is 4.78. The minimum absolute atomic E-state index is 0.0326. The fourth-order valence-corrected chi connectivity index (χ4v) is 4.85. The minimum Gasteiger partial charge on any atom is -0.266 e. The molecule has 3 aromatic rings. The van der Waals surface area contributed by atoms with Crippen molar-refractivity contribution in [2.24, 2.45) is 0 Å². The number of sulfonamides is 1. The maximum atomic E-state index is 14.6. The van der Waals surface area contributed by atoms with E-state index in [4.69, 9.17) is 11.6 Å². The number of hydrogen-bond acceptors (Lipinski definition) is 6. The van der Waals surface area contributed by atoms with Crippen molar-refractivity contribution < 1.29 is 35.6 Å². The van der Waals surface area contributed by atoms with Gasteiger partial charge in [-0.2, -0.15) is 22.6 Å². The zero-order valence-corrected chi connectivity index (χ0v) is 19.8. The molecule has 2 aromatic carbocycles. The number of aromatic nitrogens is 2. The SMILES string of the molecule is CS(=O)(=O)NN1C(=O)S/C(=C\c2ccc3c(c2)c(F)nn3Cc2ccc(Cl)cc2C(F)(F)F)C1=O. The summed E-state index contributed by atoms with van der Waals surface area (Å²) in [5, 5.41) is 3.04. The molecule has 1 aliphatic heterocycles. The molecule has 0 bridgehead atoms. The van der Waals surface area contributed by atoms with Crippen LogP contribution in [0.5, 0.6) is 0 Å². The Morgan fingerprint density at radius 3 is 2.54 bits per heavy atom. The van der Waals surface area contributed by atoms with E-state index in [1.54, 1.807) is 4.83 Å². The second-order valence-corrected chi connectivity index (χ2v) is 10.6. The molecule has 35 heavy (non-hydrogen) atoms. The van der Waals surface area contributed by atoms with Crippen LogP contribution in [0.15, 0.2) is 41.3 Å². The Kier molecular flexibility index (Phi) is 6.42. The molecule has 0 unspecified atom stereocenters. The van der Waals surface area contributed by atoms with E-state index in [1.807, 2.05) is 0 Å². The van der Waals surface area contributed by atoms with E-state index in [0.29, 0.717) is 16.8 Å². The van der Waals surface area contributed by atoms with Gasteiger partial charge in [0.2, 0.25) is 16.0 Å². The van der Waals surface area contributed by atoms with Crippen LogP contribution >= 0.6 is 23.4 Å². The molecule has 1 aromatic heterocycles. The summed E-state index contributed by atoms with van der Waals surface area (Å²) in [6.07, 6.45) is -2.65. The third-order valence-corrected chi connectivity index (χ3v) is 6.39. The number of benzene rings is 2. The van der Waals surface area contributed by atoms with Gasteiger partial charge in [-0.3, -0.25) is 14.3 Å². The van der Waals surface area contributed by atoms with E-state index in [-0.39, 0.29) is 38.5 Å². The Labute approximate surface area is 204 Å². The van der Waals surface area contributed by atoms with Gasteiger partial charge in [0.05, 0.1) is 34.2 Å². The molecule has 0 spiro atoms. The summed E-state index contributed by atoms with van der Waals surface area (Å²) in [5.74, 6) is -1.87. The van der Waals surface area contributed by atoms with Gasteiger partial charge < -0.3 is 0 Å². The van der Waals surface area contributed by atoms with E-state index in [1.165, 1.54) is 36.4 Å². The van der Waals surface area contributed by atoms with Crippen molar-refractivity contribution in [1.82, 2.24) is 19.6 Å². The Balaban J connectivity index is 1.67. The average molecular weight is 549 g/mol. The molecule has 1 aliphatic rings. The zero-order valence-electron chi connectivity index (χ0n) is 17.4. The topological polar surface area (TPSA) is 101 Å². The summed E-state index contributed by atoms with van der Waals surface area (Å²) >= 11 is 6.18. The number of imide groups is 1. The number of fused-ring (bicyclic) bond motifs is 1. The predicted molar refractivity (Wildman–Crippen MR) is 121 cm³/mol. The molecule has 2 heterocycles. The monoisotopic (exact) mass is 548 g/mol. The van der Waals surface area contributed by atoms with Crippen LogP contribution in [0.3, 0.4) is 0 Å². The van der Waals surface area contributed by atoms with Crippen molar-refractivity contribution >= 4 is 61.5 Å². The lowest BCUT2D eigenvalue weighted by Gasteiger charge is -2.13. The summed E-state index contributed by atoms with van der Waals surface area (Å²) < 4.78 is 78.6. The van der Waals surface area contributed by atoms with E-state index >= 15 is 0 Å². The number of alkyl halides is 3. The van der Waals surface area contributed by atoms with Crippen LogP contribution < -0.4 is 4.83 Å². The summed E-state index contributed by atoms with van der Waals surface area (Å²) in [5.41, 5.74) is -0.663. The summed E-state index contributed by atoms with van der Waals surface area (Å²) in [6, 6.07) is 7.41. The first kappa shape index (κ1) is 25.2. The van der Waals surface area contributed by atoms with Crippen molar-refractivity contribution in [3.05, 3.63) is 69.0 Å². The normalized spacial score (nSPS) is 16.2. The van der Waals surface area contributed by atoms with Crippen LogP contribution in [0.25, 0.3) is 17.0 Å². The molecule has 184 valence electrons. The number of hydrazine groups is 1. The number of nitrogens with zero attached hydrogens (tertiary/aromatic N) is 3. The lowest BCUT2D eigenvalue weighted by Crippen LogP contribution is -2.44. The highest BCUT2D eigenvalue weighted by atomic mass is 35.5. The lowest BCUT2D eigenvalue weighted by molar-refractivity contribution is -0.138. The number of amides is 2. The summed E-state index contributed by atoms with van der Waals surface area (Å²) in [6.45, 7) is -0.387. The van der Waals surface area contributed by atoms with Gasteiger partial charge in [-0.15, -0.1) is 9.93 Å². The standard InChI is InChI=1S/C20H13ClF4N4O4S2/c1-35(32,33)27-29-18(30)16(34-19(29)31)7-10-2-5-15-13(6-10)17(22)26-28(15)9-11-3-4-12(21)8-14(11)20(23,24)25/h2-8,27H,9H2,1H3/b16-7-. The first-order chi connectivity index (χ1) is 16.2. The fraction of sp³-hybridized carbons (Fsp3) is 0.150. The number of rotatable bonds is 5. The predicted octanol–water partition coefficient (Wildman–Crippen LogP) is 4.40. The van der Waals surface area contributed by atoms with Crippen LogP contribution in [-0.2, 0) is 27.5 Å². The van der Waals surface area contributed by atoms with Crippen LogP contribution in [-0.4, -0.2) is 40.6 Å². The Morgan fingerprint density at radius 1 is 1.17 bits per heavy atom. The number of nitrogens with one attached hydrogen (secondary N) is 1. The second kappa shape index (κ2) is 8.93. The molecular formula is C20H13ClF4N4O4S2. The first-order valence-electron chi connectivity index (χ1n) is 9.50. The molecule has 8 nitrogen and oxygen atoms in total. The number of halogens is 5.